The van der Waals surface area contributed by atoms with Gasteiger partial charge in [-0.2, -0.15) is 0 Å². The third kappa shape index (κ3) is 12.2. The van der Waals surface area contributed by atoms with Crippen LogP contribution in [-0.4, -0.2) is 77.2 Å². The number of carbonyl (C=O) groups excluding carboxylic acids is 1. The maximum atomic E-state index is 12.3. The van der Waals surface area contributed by atoms with Crippen LogP contribution in [0.15, 0.2) is 24.3 Å². The number of aliphatic hydroxyl groups is 2. The Kier molecular flexibility index (Phi) is 13.8. The zero-order valence-electron chi connectivity index (χ0n) is 25.6. The number of rotatable bonds is 19. The minimum absolute atomic E-state index is 0.0494. The molecule has 3 N–H and O–H groups in total. The van der Waals surface area contributed by atoms with Crippen molar-refractivity contribution in [3.8, 4) is 5.75 Å². The molecule has 1 aliphatic carbocycles. The molecule has 1 aromatic carbocycles. The van der Waals surface area contributed by atoms with E-state index >= 15 is 0 Å². The van der Waals surface area contributed by atoms with Crippen LogP contribution in [0.5, 0.6) is 5.75 Å². The molecule has 2 fully saturated rings. The van der Waals surface area contributed by atoms with Gasteiger partial charge in [0.15, 0.2) is 0 Å². The van der Waals surface area contributed by atoms with Gasteiger partial charge in [0, 0.05) is 18.4 Å². The molecule has 1 heterocycles. The summed E-state index contributed by atoms with van der Waals surface area (Å²) < 4.78 is 27.6. The quantitative estimate of drug-likeness (QED) is 0.0909. The lowest BCUT2D eigenvalue weighted by atomic mass is 9.85. The molecule has 0 bridgehead atoms. The van der Waals surface area contributed by atoms with Crippen molar-refractivity contribution >= 4 is 13.8 Å². The number of fused-ring (bicyclic) bond motifs is 1. The first-order chi connectivity index (χ1) is 19.8. The highest BCUT2D eigenvalue weighted by Gasteiger charge is 2.48. The Morgan fingerprint density at radius 1 is 1.12 bits per heavy atom. The molecule has 1 saturated heterocycles. The fourth-order valence-corrected chi connectivity index (χ4v) is 6.86. The second-order valence-electron chi connectivity index (χ2n) is 12.9. The van der Waals surface area contributed by atoms with Crippen LogP contribution in [0.3, 0.4) is 0 Å². The van der Waals surface area contributed by atoms with E-state index in [2.05, 4.69) is 11.4 Å². The summed E-state index contributed by atoms with van der Waals surface area (Å²) in [5.74, 6) is 0.417. The number of benzene rings is 1. The lowest BCUT2D eigenvalue weighted by Gasteiger charge is -2.29. The average Bonchev–Trinajstić information content (AvgIpc) is 3.41. The van der Waals surface area contributed by atoms with Crippen LogP contribution < -0.4 is 9.42 Å². The Morgan fingerprint density at radius 2 is 1.86 bits per heavy atom. The summed E-state index contributed by atoms with van der Waals surface area (Å²) in [6, 6.07) is 6.45. The summed E-state index contributed by atoms with van der Waals surface area (Å²) in [4.78, 5) is 31.9. The van der Waals surface area contributed by atoms with Crippen LogP contribution in [0.2, 0.25) is 0 Å². The van der Waals surface area contributed by atoms with Crippen molar-refractivity contribution in [1.29, 1.82) is 0 Å². The molecule has 7 atom stereocenters. The largest absolute Gasteiger partial charge is 0.746 e. The Morgan fingerprint density at radius 3 is 2.55 bits per heavy atom. The van der Waals surface area contributed by atoms with Gasteiger partial charge in [0.05, 0.1) is 38.5 Å². The van der Waals surface area contributed by atoms with Crippen molar-refractivity contribution < 1.29 is 47.8 Å². The lowest BCUT2D eigenvalue weighted by Crippen LogP contribution is -2.41. The Bertz CT molecular complexity index is 999. The molecule has 42 heavy (non-hydrogen) atoms. The van der Waals surface area contributed by atoms with Crippen molar-refractivity contribution in [3.63, 3.8) is 0 Å². The van der Waals surface area contributed by atoms with Crippen molar-refractivity contribution in [2.45, 2.75) is 115 Å². The van der Waals surface area contributed by atoms with E-state index in [-0.39, 0.29) is 42.1 Å². The van der Waals surface area contributed by atoms with Crippen LogP contribution in [-0.2, 0) is 25.4 Å². The van der Waals surface area contributed by atoms with Gasteiger partial charge >= 0.3 is 13.8 Å². The number of aliphatic hydroxyl groups excluding tert-OH is 2. The van der Waals surface area contributed by atoms with Crippen LogP contribution >= 0.6 is 7.82 Å². The van der Waals surface area contributed by atoms with Crippen molar-refractivity contribution in [3.05, 3.63) is 29.8 Å². The summed E-state index contributed by atoms with van der Waals surface area (Å²) in [6.07, 6.45) is 10.0. The SMILES string of the molecule is CCCCC[C@H](O)CC[C@@H]1[C@H]2C[C@@H](CCCCC(=O)OCC[N+](C)(C)Cc3ccc(OP(=O)([O-])O)cc3)O[C@H]2C[C@H]1O. The molecular formula is C31H52NO9P. The zero-order valence-corrected chi connectivity index (χ0v) is 26.5. The monoisotopic (exact) mass is 613 g/mol. The van der Waals surface area contributed by atoms with Crippen LogP contribution in [0.1, 0.15) is 89.5 Å². The first kappa shape index (κ1) is 35.0. The van der Waals surface area contributed by atoms with Gasteiger partial charge in [-0.1, -0.05) is 32.6 Å². The first-order valence-electron chi connectivity index (χ1n) is 15.7. The lowest BCUT2D eigenvalue weighted by molar-refractivity contribution is -0.903. The zero-order chi connectivity index (χ0) is 30.8. The van der Waals surface area contributed by atoms with E-state index in [1.165, 1.54) is 12.1 Å². The normalized spacial score (nSPS) is 26.0. The average molecular weight is 614 g/mol. The second kappa shape index (κ2) is 16.5. The highest BCUT2D eigenvalue weighted by Crippen LogP contribution is 2.46. The molecule has 1 saturated carbocycles. The van der Waals surface area contributed by atoms with E-state index in [9.17, 15) is 24.5 Å². The highest BCUT2D eigenvalue weighted by atomic mass is 31.2. The number of carbonyl (C=O) groups is 1. The number of esters is 1. The Labute approximate surface area is 251 Å². The van der Waals surface area contributed by atoms with Gasteiger partial charge in [0.1, 0.15) is 25.4 Å². The molecule has 2 aliphatic rings. The number of ether oxygens (including phenoxy) is 2. The Balaban J connectivity index is 1.27. The van der Waals surface area contributed by atoms with Gasteiger partial charge in [0.25, 0.3) is 0 Å². The number of hydrogen-bond acceptors (Lipinski definition) is 8. The van der Waals surface area contributed by atoms with Gasteiger partial charge in [-0.25, -0.2) is 0 Å². The van der Waals surface area contributed by atoms with Crippen molar-refractivity contribution in [2.24, 2.45) is 11.8 Å². The van der Waals surface area contributed by atoms with E-state index in [4.69, 9.17) is 14.4 Å². The molecular weight excluding hydrogens is 561 g/mol. The molecule has 0 radical (unpaired) electrons. The number of unbranched alkanes of at least 4 members (excludes halogenated alkanes) is 3. The molecule has 3 rings (SSSR count). The summed E-state index contributed by atoms with van der Waals surface area (Å²) in [7, 11) is -0.782. The molecule has 1 unspecified atom stereocenters. The maximum Gasteiger partial charge on any atom is 0.317 e. The van der Waals surface area contributed by atoms with E-state index in [0.29, 0.717) is 42.9 Å². The Hall–Kier alpha value is -1.52. The smallest absolute Gasteiger partial charge is 0.317 e. The van der Waals surface area contributed by atoms with Crippen molar-refractivity contribution in [1.82, 2.24) is 0 Å². The van der Waals surface area contributed by atoms with E-state index in [0.717, 1.165) is 69.8 Å². The van der Waals surface area contributed by atoms with Gasteiger partial charge in [-0.05, 0) is 74.6 Å². The third-order valence-electron chi connectivity index (χ3n) is 8.74. The topological polar surface area (TPSA) is 146 Å². The van der Waals surface area contributed by atoms with Gasteiger partial charge in [0.2, 0.25) is 0 Å². The number of phosphoric ester groups is 1. The van der Waals surface area contributed by atoms with Gasteiger partial charge < -0.3 is 38.5 Å². The second-order valence-corrected chi connectivity index (χ2v) is 14.0. The van der Waals surface area contributed by atoms with Gasteiger partial charge in [-0.15, -0.1) is 0 Å². The van der Waals surface area contributed by atoms with Crippen LogP contribution in [0.25, 0.3) is 0 Å². The van der Waals surface area contributed by atoms with E-state index < -0.39 is 7.82 Å². The fourth-order valence-electron chi connectivity index (χ4n) is 6.47. The minimum atomic E-state index is -4.83. The van der Waals surface area contributed by atoms with Crippen LogP contribution in [0.4, 0.5) is 0 Å². The number of likely N-dealkylation sites (N-methyl/N-ethyl adjacent to an activating group) is 1. The molecule has 1 aromatic rings. The molecule has 11 heteroatoms. The molecule has 1 aliphatic heterocycles. The minimum Gasteiger partial charge on any atom is -0.746 e. The summed E-state index contributed by atoms with van der Waals surface area (Å²) in [6.45, 7) is 3.74. The number of hydrogen-bond donors (Lipinski definition) is 3. The predicted octanol–water partition coefficient (Wildman–Crippen LogP) is 4.08. The molecule has 10 nitrogen and oxygen atoms in total. The highest BCUT2D eigenvalue weighted by molar-refractivity contribution is 7.45. The van der Waals surface area contributed by atoms with Crippen molar-refractivity contribution in [2.75, 3.05) is 27.2 Å². The van der Waals surface area contributed by atoms with E-state index in [1.807, 2.05) is 14.1 Å². The standard InChI is InChI=1S/C31H52NO9P/c1-4-5-6-9-24(33)14-17-27-28-20-26(40-30(28)21-29(27)34)10-7-8-11-31(35)39-19-18-32(2,3)22-23-12-15-25(16-13-23)41-42(36,37)38/h12-13,15-16,24,26-30,33-34H,4-11,14,17-22H2,1-3H3,(H-,36,37,38)/t24-,26+,27+,28+,29+,30-/m0/s1. The molecule has 0 amide bonds. The number of phosphoric acid groups is 1. The molecule has 0 spiro atoms. The molecule has 240 valence electrons. The number of nitrogens with zero attached hydrogens (tertiary/aromatic N) is 1. The van der Waals surface area contributed by atoms with Gasteiger partial charge in [-0.3, -0.25) is 9.36 Å². The maximum absolute atomic E-state index is 12.3. The number of quaternary nitrogens is 1. The first-order valence-corrected chi connectivity index (χ1v) is 17.2. The third-order valence-corrected chi connectivity index (χ3v) is 9.18. The summed E-state index contributed by atoms with van der Waals surface area (Å²) in [5, 5.41) is 20.9. The fraction of sp³-hybridized carbons (Fsp3) is 0.774. The summed E-state index contributed by atoms with van der Waals surface area (Å²) in [5.41, 5.74) is 0.955. The molecule has 0 aromatic heterocycles. The summed E-state index contributed by atoms with van der Waals surface area (Å²) >= 11 is 0. The van der Waals surface area contributed by atoms with Crippen LogP contribution in [0, 0.1) is 11.8 Å². The predicted molar refractivity (Wildman–Crippen MR) is 157 cm³/mol. The van der Waals surface area contributed by atoms with E-state index in [1.54, 1.807) is 12.1 Å².